The molecule has 3 heterocycles. The van der Waals surface area contributed by atoms with Gasteiger partial charge >= 0.3 is 5.97 Å². The molecule has 18 atom stereocenters. The summed E-state index contributed by atoms with van der Waals surface area (Å²) in [6, 6.07) is -0.479. The Hall–Kier alpha value is -1.01. The molecule has 3 N–H and O–H groups in total. The summed E-state index contributed by atoms with van der Waals surface area (Å²) in [4.78, 5) is 18.6. The maximum Gasteiger partial charge on any atom is 0.311 e. The SMILES string of the molecule is CCC1OC(=O)[C@H](C)[C@@H](O[C@H]2C[C@@](C)(OC)[C@@H](O)[C@H](C)O2)[C@H](C)[C@@H](O[C@@H]2O[C@H](C)C[C@H](N(C)C)[C@H]2O)[C@](C)(OC)C[C@@H](C)CN(C)[C@H](C)[C@@H](OC)[C@@]1(C)O. The largest absolute Gasteiger partial charge is 0.459 e. The number of hydrogen-bond donors (Lipinski definition) is 3. The molecule has 0 aliphatic carbocycles. The predicted molar refractivity (Wildman–Crippen MR) is 204 cm³/mol. The van der Waals surface area contributed by atoms with Gasteiger partial charge in [0.05, 0.1) is 41.5 Å². The van der Waals surface area contributed by atoms with Gasteiger partial charge in [-0.05, 0) is 94.8 Å². The number of methoxy groups -OCH3 is 3. The van der Waals surface area contributed by atoms with Crippen LogP contribution in [0.1, 0.15) is 94.9 Å². The quantitative estimate of drug-likeness (QED) is 0.293. The summed E-state index contributed by atoms with van der Waals surface area (Å²) in [6.07, 6.45) is -6.24. The van der Waals surface area contributed by atoms with Gasteiger partial charge in [0.15, 0.2) is 12.6 Å². The first kappa shape index (κ1) is 47.4. The Morgan fingerprint density at radius 2 is 1.52 bits per heavy atom. The zero-order chi connectivity index (χ0) is 41.1. The molecule has 318 valence electrons. The van der Waals surface area contributed by atoms with Gasteiger partial charge in [-0.3, -0.25) is 4.79 Å². The summed E-state index contributed by atoms with van der Waals surface area (Å²) < 4.78 is 50.8. The predicted octanol–water partition coefficient (Wildman–Crippen LogP) is 3.21. The van der Waals surface area contributed by atoms with Crippen LogP contribution in [0.3, 0.4) is 0 Å². The fraction of sp³-hybridized carbons (Fsp3) is 0.975. The number of hydrogen-bond acceptors (Lipinski definition) is 14. The van der Waals surface area contributed by atoms with Crippen molar-refractivity contribution in [2.45, 2.75) is 185 Å². The van der Waals surface area contributed by atoms with Crippen molar-refractivity contribution in [3.8, 4) is 0 Å². The molecule has 0 saturated carbocycles. The van der Waals surface area contributed by atoms with Gasteiger partial charge in [0.2, 0.25) is 0 Å². The van der Waals surface area contributed by atoms with Crippen LogP contribution in [0.25, 0.3) is 0 Å². The van der Waals surface area contributed by atoms with E-state index < -0.39 is 89.9 Å². The van der Waals surface area contributed by atoms with Crippen molar-refractivity contribution in [3.05, 3.63) is 0 Å². The van der Waals surface area contributed by atoms with Crippen LogP contribution in [0.15, 0.2) is 0 Å². The minimum atomic E-state index is -1.54. The van der Waals surface area contributed by atoms with Crippen molar-refractivity contribution in [1.82, 2.24) is 9.80 Å². The molecule has 14 nitrogen and oxygen atoms in total. The molecule has 14 heteroatoms. The lowest BCUT2D eigenvalue weighted by molar-refractivity contribution is -0.319. The maximum absolute atomic E-state index is 14.4. The topological polar surface area (TPSA) is 158 Å². The third-order valence-electron chi connectivity index (χ3n) is 12.9. The molecule has 3 saturated heterocycles. The summed E-state index contributed by atoms with van der Waals surface area (Å²) in [5.41, 5.74) is -3.51. The molecule has 54 heavy (non-hydrogen) atoms. The molecule has 0 aromatic rings. The summed E-state index contributed by atoms with van der Waals surface area (Å²) in [5.74, 6) is -2.04. The lowest BCUT2D eigenvalue weighted by Gasteiger charge is -2.49. The van der Waals surface area contributed by atoms with Crippen LogP contribution in [0.5, 0.6) is 0 Å². The first-order valence-electron chi connectivity index (χ1n) is 19.9. The Morgan fingerprint density at radius 1 is 0.907 bits per heavy atom. The molecule has 3 rings (SSSR count). The number of esters is 1. The number of rotatable bonds is 9. The van der Waals surface area contributed by atoms with Gasteiger partial charge in [-0.25, -0.2) is 0 Å². The molecule has 3 fully saturated rings. The highest BCUT2D eigenvalue weighted by atomic mass is 16.7. The minimum Gasteiger partial charge on any atom is -0.459 e. The molecule has 0 aromatic heterocycles. The highest BCUT2D eigenvalue weighted by Crippen LogP contribution is 2.41. The number of ether oxygens (including phenoxy) is 8. The Kier molecular flexibility index (Phi) is 16.8. The summed E-state index contributed by atoms with van der Waals surface area (Å²) in [7, 11) is 10.6. The van der Waals surface area contributed by atoms with Crippen LogP contribution in [0, 0.1) is 17.8 Å². The van der Waals surface area contributed by atoms with Crippen molar-refractivity contribution in [2.75, 3.05) is 49.0 Å². The first-order valence-corrected chi connectivity index (χ1v) is 19.9. The molecule has 0 bridgehead atoms. The van der Waals surface area contributed by atoms with Gasteiger partial charge in [0, 0.05) is 52.3 Å². The van der Waals surface area contributed by atoms with E-state index in [1.54, 1.807) is 42.1 Å². The Balaban J connectivity index is 2.23. The molecule has 0 radical (unpaired) electrons. The average molecular weight is 777 g/mol. The number of aliphatic hydroxyl groups is 3. The third kappa shape index (κ3) is 10.3. The lowest BCUT2D eigenvalue weighted by atomic mass is 9.77. The van der Waals surface area contributed by atoms with Crippen molar-refractivity contribution in [1.29, 1.82) is 0 Å². The first-order chi connectivity index (χ1) is 25.0. The fourth-order valence-corrected chi connectivity index (χ4v) is 9.33. The van der Waals surface area contributed by atoms with E-state index in [4.69, 9.17) is 37.9 Å². The summed E-state index contributed by atoms with van der Waals surface area (Å²) in [5, 5.41) is 34.8. The lowest BCUT2D eigenvalue weighted by Crippen LogP contribution is -2.61. The number of nitrogens with zero attached hydrogens (tertiary/aromatic N) is 2. The van der Waals surface area contributed by atoms with Crippen molar-refractivity contribution in [3.63, 3.8) is 0 Å². The fourth-order valence-electron chi connectivity index (χ4n) is 9.33. The second-order valence-corrected chi connectivity index (χ2v) is 17.5. The van der Waals surface area contributed by atoms with Gasteiger partial charge in [-0.2, -0.15) is 0 Å². The van der Waals surface area contributed by atoms with Gasteiger partial charge in [-0.1, -0.05) is 20.8 Å². The van der Waals surface area contributed by atoms with E-state index in [1.165, 1.54) is 0 Å². The van der Waals surface area contributed by atoms with Crippen LogP contribution in [-0.4, -0.2) is 170 Å². The van der Waals surface area contributed by atoms with Crippen LogP contribution in [0.2, 0.25) is 0 Å². The standard InChI is InChI=1S/C40H76N2O12/c1-17-29-40(10,46)35(47-14)26(6)42(13)21-22(2)19-39(9,49-16)34(54-37-31(43)28(41(11)12)18-23(3)50-37)24(4)32(25(5)36(45)52-29)53-30-20-38(8,48-15)33(44)27(7)51-30/h22-35,37,43-44,46H,17-21H2,1-16H3/t22-,23-,24+,25-,26-,27+,28+,29?,30+,31-,32+,33+,34-,35-,37+,38-,39-,40+/m1/s1. The number of cyclic esters (lactones) is 1. The monoisotopic (exact) mass is 777 g/mol. The Labute approximate surface area is 325 Å². The normalized spacial score (nSPS) is 48.2. The van der Waals surface area contributed by atoms with Gasteiger partial charge in [0.1, 0.15) is 30.0 Å². The Bertz CT molecular complexity index is 1180. The highest BCUT2D eigenvalue weighted by Gasteiger charge is 2.53. The van der Waals surface area contributed by atoms with E-state index in [0.29, 0.717) is 25.8 Å². The number of carbonyl (C=O) groups is 1. The maximum atomic E-state index is 14.4. The highest BCUT2D eigenvalue weighted by molar-refractivity contribution is 5.73. The van der Waals surface area contributed by atoms with Gasteiger partial charge < -0.3 is 63.0 Å². The van der Waals surface area contributed by atoms with Gasteiger partial charge in [-0.15, -0.1) is 0 Å². The molecule has 3 aliphatic rings. The van der Waals surface area contributed by atoms with Gasteiger partial charge in [0.25, 0.3) is 0 Å². The average Bonchev–Trinajstić information content (AvgIpc) is 3.10. The van der Waals surface area contributed by atoms with E-state index in [-0.39, 0.29) is 30.5 Å². The number of aliphatic hydroxyl groups excluding tert-OH is 2. The zero-order valence-electron chi connectivity index (χ0n) is 36.1. The molecule has 3 aliphatic heterocycles. The smallest absolute Gasteiger partial charge is 0.311 e. The molecule has 0 amide bonds. The van der Waals surface area contributed by atoms with Crippen molar-refractivity contribution >= 4 is 5.97 Å². The van der Waals surface area contributed by atoms with E-state index in [1.807, 2.05) is 67.6 Å². The third-order valence-corrected chi connectivity index (χ3v) is 12.9. The van der Waals surface area contributed by atoms with E-state index in [9.17, 15) is 20.1 Å². The second kappa shape index (κ2) is 19.2. The second-order valence-electron chi connectivity index (χ2n) is 17.5. The van der Waals surface area contributed by atoms with E-state index in [0.717, 1.165) is 0 Å². The van der Waals surface area contributed by atoms with Crippen molar-refractivity contribution in [2.24, 2.45) is 17.8 Å². The minimum absolute atomic E-state index is 0.0435. The van der Waals surface area contributed by atoms with E-state index in [2.05, 4.69) is 11.8 Å². The molecule has 0 spiro atoms. The molecular weight excluding hydrogens is 700 g/mol. The van der Waals surface area contributed by atoms with E-state index >= 15 is 0 Å². The van der Waals surface area contributed by atoms with Crippen LogP contribution in [0.4, 0.5) is 0 Å². The van der Waals surface area contributed by atoms with Crippen LogP contribution >= 0.6 is 0 Å². The zero-order valence-corrected chi connectivity index (χ0v) is 36.1. The Morgan fingerprint density at radius 3 is 2.06 bits per heavy atom. The van der Waals surface area contributed by atoms with Crippen LogP contribution < -0.4 is 0 Å². The molecular formula is C40H76N2O12. The van der Waals surface area contributed by atoms with Crippen LogP contribution in [-0.2, 0) is 42.7 Å². The number of likely N-dealkylation sites (N-methyl/N-ethyl adjacent to an activating group) is 2. The molecule has 1 unspecified atom stereocenters. The summed E-state index contributed by atoms with van der Waals surface area (Å²) >= 11 is 0. The van der Waals surface area contributed by atoms with Crippen molar-refractivity contribution < 1.29 is 58.0 Å². The summed E-state index contributed by atoms with van der Waals surface area (Å²) in [6.45, 7) is 19.5. The molecule has 0 aromatic carbocycles. The number of carbonyl (C=O) groups excluding carboxylic acids is 1.